The Kier molecular flexibility index (Phi) is 4.75. The van der Waals surface area contributed by atoms with Gasteiger partial charge in [-0.05, 0) is 42.0 Å². The number of hydrogen-bond acceptors (Lipinski definition) is 3. The van der Waals surface area contributed by atoms with Crippen molar-refractivity contribution in [1.29, 1.82) is 0 Å². The van der Waals surface area contributed by atoms with Gasteiger partial charge in [0.2, 0.25) is 0 Å². The lowest BCUT2D eigenvalue weighted by molar-refractivity contribution is 0.413. The van der Waals surface area contributed by atoms with E-state index in [2.05, 4.69) is 0 Å². The Bertz CT molecular complexity index is 1010. The van der Waals surface area contributed by atoms with Crippen molar-refractivity contribution in [3.63, 3.8) is 0 Å². The van der Waals surface area contributed by atoms with Crippen LogP contribution in [-0.4, -0.2) is 5.11 Å². The predicted octanol–water partition coefficient (Wildman–Crippen LogP) is 6.64. The molecule has 4 rings (SSSR count). The fraction of sp³-hybridized carbons (Fsp3) is 0. The first-order valence-electron chi connectivity index (χ1n) is 8.68. The number of hydrogen-bond donors (Lipinski definition) is 1. The van der Waals surface area contributed by atoms with Crippen LogP contribution in [0.15, 0.2) is 103 Å². The van der Waals surface area contributed by atoms with Gasteiger partial charge in [0.1, 0.15) is 17.2 Å². The zero-order valence-corrected chi connectivity index (χ0v) is 14.6. The van der Waals surface area contributed by atoms with Crippen molar-refractivity contribution in [2.75, 3.05) is 0 Å². The fourth-order valence-corrected chi connectivity index (χ4v) is 2.84. The molecule has 132 valence electrons. The molecule has 0 aliphatic carbocycles. The van der Waals surface area contributed by atoms with E-state index < -0.39 is 0 Å². The maximum atomic E-state index is 10.6. The highest BCUT2D eigenvalue weighted by atomic mass is 16.5. The summed E-state index contributed by atoms with van der Waals surface area (Å²) in [5, 5.41) is 10.6. The lowest BCUT2D eigenvalue weighted by Crippen LogP contribution is -1.94. The maximum Gasteiger partial charge on any atom is 0.181 e. The Morgan fingerprint density at radius 1 is 0.519 bits per heavy atom. The Labute approximate surface area is 158 Å². The summed E-state index contributed by atoms with van der Waals surface area (Å²) in [6.45, 7) is 0. The number of rotatable bonds is 5. The molecule has 0 aliphatic heterocycles. The molecule has 4 aromatic rings. The average molecular weight is 354 g/mol. The molecule has 0 saturated heterocycles. The number of para-hydroxylation sites is 2. The molecule has 27 heavy (non-hydrogen) atoms. The van der Waals surface area contributed by atoms with Crippen molar-refractivity contribution < 1.29 is 14.6 Å². The number of aromatic hydroxyl groups is 1. The van der Waals surface area contributed by atoms with Gasteiger partial charge in [0.05, 0.1) is 5.56 Å². The molecule has 0 atom stereocenters. The normalized spacial score (nSPS) is 10.4. The summed E-state index contributed by atoms with van der Waals surface area (Å²) in [5.74, 6) is 2.49. The molecule has 0 aromatic heterocycles. The molecule has 0 spiro atoms. The summed E-state index contributed by atoms with van der Waals surface area (Å²) >= 11 is 0. The van der Waals surface area contributed by atoms with Gasteiger partial charge in [-0.3, -0.25) is 0 Å². The van der Waals surface area contributed by atoms with Crippen molar-refractivity contribution in [3.8, 4) is 39.9 Å². The third-order valence-corrected chi connectivity index (χ3v) is 4.10. The van der Waals surface area contributed by atoms with Crippen molar-refractivity contribution in [1.82, 2.24) is 0 Å². The van der Waals surface area contributed by atoms with E-state index in [1.54, 1.807) is 12.1 Å². The molecule has 0 amide bonds. The summed E-state index contributed by atoms with van der Waals surface area (Å²) in [4.78, 5) is 0. The van der Waals surface area contributed by atoms with E-state index in [0.717, 1.165) is 5.56 Å². The minimum absolute atomic E-state index is 0.132. The van der Waals surface area contributed by atoms with Crippen LogP contribution in [0.25, 0.3) is 11.1 Å². The van der Waals surface area contributed by atoms with E-state index in [4.69, 9.17) is 9.47 Å². The Balaban J connectivity index is 1.85. The van der Waals surface area contributed by atoms with Crippen molar-refractivity contribution in [3.05, 3.63) is 103 Å². The van der Waals surface area contributed by atoms with Crippen molar-refractivity contribution in [2.24, 2.45) is 0 Å². The topological polar surface area (TPSA) is 38.7 Å². The molecule has 0 radical (unpaired) electrons. The van der Waals surface area contributed by atoms with E-state index >= 15 is 0 Å². The van der Waals surface area contributed by atoms with Crippen molar-refractivity contribution in [2.45, 2.75) is 0 Å². The summed E-state index contributed by atoms with van der Waals surface area (Å²) < 4.78 is 12.2. The van der Waals surface area contributed by atoms with Gasteiger partial charge < -0.3 is 14.6 Å². The number of benzene rings is 4. The molecule has 0 saturated carbocycles. The van der Waals surface area contributed by atoms with Gasteiger partial charge in [0.25, 0.3) is 0 Å². The largest absolute Gasteiger partial charge is 0.507 e. The van der Waals surface area contributed by atoms with Crippen LogP contribution in [-0.2, 0) is 0 Å². The summed E-state index contributed by atoms with van der Waals surface area (Å²) in [6, 6.07) is 31.9. The zero-order chi connectivity index (χ0) is 18.5. The van der Waals surface area contributed by atoms with Gasteiger partial charge in [-0.25, -0.2) is 0 Å². The molecular formula is C24H18O3. The molecule has 3 nitrogen and oxygen atoms in total. The molecule has 0 unspecified atom stereocenters. The van der Waals surface area contributed by atoms with E-state index in [1.165, 1.54) is 0 Å². The highest BCUT2D eigenvalue weighted by Gasteiger charge is 2.19. The SMILES string of the molecule is Oc1ccc(Oc2ccccc2)c(Oc2ccccc2)c1-c1ccccc1. The van der Waals surface area contributed by atoms with Crippen molar-refractivity contribution >= 4 is 0 Å². The Morgan fingerprint density at radius 3 is 1.63 bits per heavy atom. The highest BCUT2D eigenvalue weighted by molar-refractivity contribution is 5.80. The van der Waals surface area contributed by atoms with Gasteiger partial charge in [0, 0.05) is 0 Å². The molecule has 3 heteroatoms. The third kappa shape index (κ3) is 3.77. The molecule has 0 fully saturated rings. The predicted molar refractivity (Wildman–Crippen MR) is 107 cm³/mol. The lowest BCUT2D eigenvalue weighted by Gasteiger charge is -2.17. The monoisotopic (exact) mass is 354 g/mol. The number of phenolic OH excluding ortho intramolecular Hbond substituents is 1. The quantitative estimate of drug-likeness (QED) is 0.436. The van der Waals surface area contributed by atoms with Gasteiger partial charge in [-0.2, -0.15) is 0 Å². The van der Waals surface area contributed by atoms with Crippen LogP contribution in [0.2, 0.25) is 0 Å². The van der Waals surface area contributed by atoms with Crippen LogP contribution < -0.4 is 9.47 Å². The number of ether oxygens (including phenoxy) is 2. The van der Waals surface area contributed by atoms with Gasteiger partial charge in [0.15, 0.2) is 11.5 Å². The third-order valence-electron chi connectivity index (χ3n) is 4.10. The van der Waals surface area contributed by atoms with Crippen LogP contribution >= 0.6 is 0 Å². The fourth-order valence-electron chi connectivity index (χ4n) is 2.84. The van der Waals surface area contributed by atoms with Gasteiger partial charge in [-0.1, -0.05) is 66.7 Å². The van der Waals surface area contributed by atoms with Crippen LogP contribution in [0, 0.1) is 0 Å². The first kappa shape index (κ1) is 16.7. The first-order chi connectivity index (χ1) is 13.3. The van der Waals surface area contributed by atoms with E-state index in [-0.39, 0.29) is 5.75 Å². The number of phenols is 1. The van der Waals surface area contributed by atoms with E-state index in [9.17, 15) is 5.11 Å². The molecule has 4 aromatic carbocycles. The van der Waals surface area contributed by atoms with Crippen LogP contribution in [0.5, 0.6) is 28.7 Å². The average Bonchev–Trinajstić information content (AvgIpc) is 2.72. The molecule has 0 aliphatic rings. The highest BCUT2D eigenvalue weighted by Crippen LogP contribution is 2.47. The standard InChI is InChI=1S/C24H18O3/c25-21-16-17-22(26-19-12-6-2-7-13-19)24(27-20-14-8-3-9-15-20)23(21)18-10-4-1-5-11-18/h1-17,25H. The summed E-state index contributed by atoms with van der Waals surface area (Å²) in [5.41, 5.74) is 1.44. The van der Waals surface area contributed by atoms with Gasteiger partial charge >= 0.3 is 0 Å². The Morgan fingerprint density at radius 2 is 1.04 bits per heavy atom. The Hall–Kier alpha value is -3.72. The van der Waals surface area contributed by atoms with E-state index in [0.29, 0.717) is 28.6 Å². The van der Waals surface area contributed by atoms with Crippen LogP contribution in [0.4, 0.5) is 0 Å². The molecular weight excluding hydrogens is 336 g/mol. The smallest absolute Gasteiger partial charge is 0.181 e. The second-order valence-corrected chi connectivity index (χ2v) is 5.98. The van der Waals surface area contributed by atoms with E-state index in [1.807, 2.05) is 91.0 Å². The summed E-state index contributed by atoms with van der Waals surface area (Å²) in [6.07, 6.45) is 0. The van der Waals surface area contributed by atoms with Crippen LogP contribution in [0.3, 0.4) is 0 Å². The molecule has 1 N–H and O–H groups in total. The minimum Gasteiger partial charge on any atom is -0.507 e. The van der Waals surface area contributed by atoms with Crippen LogP contribution in [0.1, 0.15) is 0 Å². The molecule has 0 bridgehead atoms. The second kappa shape index (κ2) is 7.67. The second-order valence-electron chi connectivity index (χ2n) is 5.98. The zero-order valence-electron chi connectivity index (χ0n) is 14.6. The van der Waals surface area contributed by atoms with Gasteiger partial charge in [-0.15, -0.1) is 0 Å². The summed E-state index contributed by atoms with van der Waals surface area (Å²) in [7, 11) is 0. The first-order valence-corrected chi connectivity index (χ1v) is 8.68. The maximum absolute atomic E-state index is 10.6. The lowest BCUT2D eigenvalue weighted by atomic mass is 10.0. The molecule has 0 heterocycles. The minimum atomic E-state index is 0.132.